The van der Waals surface area contributed by atoms with Gasteiger partial charge in [-0.15, -0.1) is 13.2 Å². The van der Waals surface area contributed by atoms with E-state index in [9.17, 15) is 19.5 Å². The predicted molar refractivity (Wildman–Crippen MR) is 164 cm³/mol. The van der Waals surface area contributed by atoms with E-state index < -0.39 is 53.6 Å². The first kappa shape index (κ1) is 31.0. The van der Waals surface area contributed by atoms with Crippen molar-refractivity contribution in [3.8, 4) is 0 Å². The van der Waals surface area contributed by atoms with Gasteiger partial charge in [-0.25, -0.2) is 0 Å². The fraction of sp³-hybridized carbons (Fsp3) is 0.441. The van der Waals surface area contributed by atoms with Gasteiger partial charge in [0.15, 0.2) is 0 Å². The summed E-state index contributed by atoms with van der Waals surface area (Å²) in [5.74, 6) is -3.08. The van der Waals surface area contributed by atoms with Crippen LogP contribution in [-0.2, 0) is 23.9 Å². The minimum absolute atomic E-state index is 0.169. The van der Waals surface area contributed by atoms with Crippen LogP contribution in [0.5, 0.6) is 0 Å². The smallest absolute Gasteiger partial charge is 0.312 e. The van der Waals surface area contributed by atoms with Gasteiger partial charge in [-0.2, -0.15) is 0 Å². The van der Waals surface area contributed by atoms with Crippen LogP contribution in [0.1, 0.15) is 50.6 Å². The number of benzene rings is 2. The molecule has 2 amide bonds. The summed E-state index contributed by atoms with van der Waals surface area (Å²) in [7, 11) is 0. The molecular formula is C34H39ClN2O6. The van der Waals surface area contributed by atoms with E-state index in [1.54, 1.807) is 35.2 Å². The number of rotatable bonds is 13. The van der Waals surface area contributed by atoms with Crippen LogP contribution in [-0.4, -0.2) is 64.8 Å². The Morgan fingerprint density at radius 1 is 1.14 bits per heavy atom. The molecule has 0 aliphatic carbocycles. The highest BCUT2D eigenvalue weighted by Gasteiger charge is 2.79. The lowest BCUT2D eigenvalue weighted by molar-refractivity contribution is -0.160. The van der Waals surface area contributed by atoms with Crippen molar-refractivity contribution in [2.75, 3.05) is 24.7 Å². The van der Waals surface area contributed by atoms with Crippen LogP contribution in [0, 0.1) is 11.8 Å². The topological polar surface area (TPSA) is 96.4 Å². The molecule has 0 saturated carbocycles. The highest BCUT2D eigenvalue weighted by atomic mass is 35.5. The van der Waals surface area contributed by atoms with Gasteiger partial charge in [0.05, 0.1) is 30.8 Å². The number of fused-ring (bicyclic) bond motifs is 1. The molecule has 2 aromatic carbocycles. The Kier molecular flexibility index (Phi) is 9.11. The zero-order chi connectivity index (χ0) is 30.8. The lowest BCUT2D eigenvalue weighted by Gasteiger charge is -2.39. The molecule has 3 aliphatic rings. The highest BCUT2D eigenvalue weighted by Crippen LogP contribution is 2.64. The largest absolute Gasteiger partial charge is 0.465 e. The molecule has 228 valence electrons. The molecule has 6 atom stereocenters. The molecule has 8 nitrogen and oxygen atoms in total. The summed E-state index contributed by atoms with van der Waals surface area (Å²) in [6.45, 7) is 9.40. The van der Waals surface area contributed by atoms with Gasteiger partial charge >= 0.3 is 5.97 Å². The molecule has 5 rings (SSSR count). The maximum atomic E-state index is 14.8. The highest BCUT2D eigenvalue weighted by molar-refractivity contribution is 6.30. The van der Waals surface area contributed by atoms with E-state index in [2.05, 4.69) is 13.2 Å². The van der Waals surface area contributed by atoms with Gasteiger partial charge in [0.2, 0.25) is 5.91 Å². The third-order valence-corrected chi connectivity index (χ3v) is 9.41. The SMILES string of the molecule is C=CCCCCOC(=O)[C@H]1[C@H]2C(=O)N([C@H](CO)c3ccccc3)C(C(=O)N(CC=C)c3ccc(Cl)cc3)C23CC[C@]1(C)O3. The molecule has 3 fully saturated rings. The van der Waals surface area contributed by atoms with E-state index in [0.29, 0.717) is 35.5 Å². The number of carbonyl (C=O) groups excluding carboxylic acids is 3. The number of amides is 2. The maximum Gasteiger partial charge on any atom is 0.312 e. The molecule has 3 aliphatic heterocycles. The van der Waals surface area contributed by atoms with Crippen LogP contribution in [0.3, 0.4) is 0 Å². The minimum atomic E-state index is -1.27. The summed E-state index contributed by atoms with van der Waals surface area (Å²) in [4.78, 5) is 46.1. The Hall–Kier alpha value is -3.46. The summed E-state index contributed by atoms with van der Waals surface area (Å²) < 4.78 is 12.5. The summed E-state index contributed by atoms with van der Waals surface area (Å²) in [6, 6.07) is 14.0. The standard InChI is InChI=1S/C34H39ClN2O6/c1-4-6-7-11-21-42-32(41)28-27-30(39)37(26(22-38)23-12-9-8-10-13-23)29(34(27)19-18-33(28,3)43-34)31(40)36(20-5-2)25-16-14-24(35)15-17-25/h4-5,8-10,12-17,26-29,38H,1-2,6-7,11,18-22H2,3H3/t26-,27+,28-,29?,33+,34?/m1/s1. The summed E-state index contributed by atoms with van der Waals surface area (Å²) in [5.41, 5.74) is -0.982. The number of ether oxygens (including phenoxy) is 2. The van der Waals surface area contributed by atoms with E-state index in [4.69, 9.17) is 21.1 Å². The molecule has 2 bridgehead atoms. The number of carbonyl (C=O) groups is 3. The van der Waals surface area contributed by atoms with Crippen LogP contribution < -0.4 is 4.90 Å². The van der Waals surface area contributed by atoms with E-state index in [-0.39, 0.29) is 19.1 Å². The average molecular weight is 607 g/mol. The number of aliphatic hydroxyl groups is 1. The zero-order valence-corrected chi connectivity index (χ0v) is 25.2. The number of unbranched alkanes of at least 4 members (excludes halogenated alkanes) is 2. The molecule has 43 heavy (non-hydrogen) atoms. The first-order chi connectivity index (χ1) is 20.7. The predicted octanol–water partition coefficient (Wildman–Crippen LogP) is 5.26. The minimum Gasteiger partial charge on any atom is -0.465 e. The molecule has 3 heterocycles. The third kappa shape index (κ3) is 5.41. The first-order valence-electron chi connectivity index (χ1n) is 14.9. The van der Waals surface area contributed by atoms with Crippen molar-refractivity contribution in [1.29, 1.82) is 0 Å². The maximum absolute atomic E-state index is 14.8. The fourth-order valence-corrected chi connectivity index (χ4v) is 7.37. The van der Waals surface area contributed by atoms with Crippen LogP contribution in [0.2, 0.25) is 5.02 Å². The van der Waals surface area contributed by atoms with Crippen LogP contribution >= 0.6 is 11.6 Å². The molecule has 2 aromatic rings. The van der Waals surface area contributed by atoms with E-state index in [1.165, 1.54) is 4.90 Å². The van der Waals surface area contributed by atoms with Crippen LogP contribution in [0.4, 0.5) is 5.69 Å². The van der Waals surface area contributed by atoms with Crippen molar-refractivity contribution >= 4 is 35.1 Å². The van der Waals surface area contributed by atoms with Gasteiger partial charge in [-0.3, -0.25) is 14.4 Å². The van der Waals surface area contributed by atoms with Gasteiger partial charge in [-0.05, 0) is 68.9 Å². The van der Waals surface area contributed by atoms with Crippen molar-refractivity contribution in [1.82, 2.24) is 4.90 Å². The van der Waals surface area contributed by atoms with Crippen LogP contribution in [0.15, 0.2) is 79.9 Å². The number of allylic oxidation sites excluding steroid dienone is 1. The average Bonchev–Trinajstić information content (AvgIpc) is 3.58. The van der Waals surface area contributed by atoms with Crippen LogP contribution in [0.25, 0.3) is 0 Å². The Balaban J connectivity index is 1.58. The second-order valence-corrected chi connectivity index (χ2v) is 12.2. The Labute approximate surface area is 257 Å². The number of aliphatic hydroxyl groups excluding tert-OH is 1. The fourth-order valence-electron chi connectivity index (χ4n) is 7.24. The van der Waals surface area contributed by atoms with Gasteiger partial charge in [-0.1, -0.05) is 54.1 Å². The molecule has 1 N–H and O–H groups in total. The second-order valence-electron chi connectivity index (χ2n) is 11.7. The van der Waals surface area contributed by atoms with Gasteiger partial charge in [0.1, 0.15) is 17.6 Å². The monoisotopic (exact) mass is 606 g/mol. The quantitative estimate of drug-likeness (QED) is 0.190. The number of esters is 1. The summed E-state index contributed by atoms with van der Waals surface area (Å²) >= 11 is 6.14. The second kappa shape index (κ2) is 12.6. The van der Waals surface area contributed by atoms with Crippen molar-refractivity contribution in [2.45, 2.75) is 62.3 Å². The van der Waals surface area contributed by atoms with Crippen molar-refractivity contribution in [2.24, 2.45) is 11.8 Å². The Morgan fingerprint density at radius 2 is 1.86 bits per heavy atom. The summed E-state index contributed by atoms with van der Waals surface area (Å²) in [5, 5.41) is 11.2. The summed E-state index contributed by atoms with van der Waals surface area (Å²) in [6.07, 6.45) is 6.67. The molecular weight excluding hydrogens is 568 g/mol. The third-order valence-electron chi connectivity index (χ3n) is 9.16. The molecule has 1 spiro atoms. The van der Waals surface area contributed by atoms with Gasteiger partial charge in [0.25, 0.3) is 5.91 Å². The zero-order valence-electron chi connectivity index (χ0n) is 24.5. The Morgan fingerprint density at radius 3 is 2.51 bits per heavy atom. The number of likely N-dealkylation sites (tertiary alicyclic amines) is 1. The lowest BCUT2D eigenvalue weighted by atomic mass is 9.66. The van der Waals surface area contributed by atoms with Crippen molar-refractivity contribution in [3.63, 3.8) is 0 Å². The molecule has 0 radical (unpaired) electrons. The van der Waals surface area contributed by atoms with Crippen molar-refractivity contribution in [3.05, 3.63) is 90.5 Å². The van der Waals surface area contributed by atoms with Crippen molar-refractivity contribution < 1.29 is 29.0 Å². The Bertz CT molecular complexity index is 1370. The number of anilines is 1. The van der Waals surface area contributed by atoms with Gasteiger partial charge in [0, 0.05) is 17.3 Å². The number of hydrogen-bond acceptors (Lipinski definition) is 6. The number of nitrogens with zero attached hydrogens (tertiary/aromatic N) is 2. The molecule has 2 unspecified atom stereocenters. The van der Waals surface area contributed by atoms with E-state index in [0.717, 1.165) is 12.8 Å². The lowest BCUT2D eigenvalue weighted by Crippen LogP contribution is -2.57. The normalized spacial score (nSPS) is 27.9. The number of halogens is 1. The van der Waals surface area contributed by atoms with E-state index in [1.807, 2.05) is 43.3 Å². The number of hydrogen-bond donors (Lipinski definition) is 1. The molecule has 3 saturated heterocycles. The van der Waals surface area contributed by atoms with E-state index >= 15 is 0 Å². The molecule has 0 aromatic heterocycles. The molecule has 9 heteroatoms. The first-order valence-corrected chi connectivity index (χ1v) is 15.2. The van der Waals surface area contributed by atoms with Gasteiger partial charge < -0.3 is 24.4 Å².